The molecule has 3 rings (SSSR count). The summed E-state index contributed by atoms with van der Waals surface area (Å²) in [5.74, 6) is 0.293. The Morgan fingerprint density at radius 1 is 1.33 bits per heavy atom. The van der Waals surface area contributed by atoms with Gasteiger partial charge >= 0.3 is 5.69 Å². The van der Waals surface area contributed by atoms with E-state index in [1.807, 2.05) is 0 Å². The Bertz CT molecular complexity index is 560. The highest BCUT2D eigenvalue weighted by Gasteiger charge is 2.55. The second-order valence-corrected chi connectivity index (χ2v) is 7.51. The quantitative estimate of drug-likeness (QED) is 0.419. The third kappa shape index (κ3) is 2.66. The minimum absolute atomic E-state index is 0.0108. The van der Waals surface area contributed by atoms with Crippen molar-refractivity contribution >= 4 is 33.2 Å². The molecule has 6 heteroatoms. The number of hydrogen-bond acceptors (Lipinski definition) is 3. The Balaban J connectivity index is 1.84. The highest BCUT2D eigenvalue weighted by Crippen LogP contribution is 2.56. The van der Waals surface area contributed by atoms with Crippen LogP contribution in [0, 0.1) is 15.5 Å². The molecule has 2 aliphatic carbocycles. The van der Waals surface area contributed by atoms with E-state index in [1.54, 1.807) is 6.07 Å². The third-order valence-corrected chi connectivity index (χ3v) is 6.38. The van der Waals surface area contributed by atoms with Gasteiger partial charge in [-0.2, -0.15) is 0 Å². The van der Waals surface area contributed by atoms with Crippen molar-refractivity contribution in [3.8, 4) is 5.75 Å². The topological polar surface area (TPSA) is 52.4 Å². The van der Waals surface area contributed by atoms with Crippen molar-refractivity contribution < 1.29 is 9.66 Å². The number of nitrogens with zero attached hydrogens (tertiary/aromatic N) is 1. The van der Waals surface area contributed by atoms with E-state index in [2.05, 4.69) is 15.9 Å². The number of hydrogen-bond donors (Lipinski definition) is 0. The maximum absolute atomic E-state index is 11.1. The molecule has 2 atom stereocenters. The van der Waals surface area contributed by atoms with Gasteiger partial charge in [-0.25, -0.2) is 0 Å². The van der Waals surface area contributed by atoms with E-state index in [0.717, 1.165) is 19.3 Å². The summed E-state index contributed by atoms with van der Waals surface area (Å²) in [4.78, 5) is 11.2. The Kier molecular flexibility index (Phi) is 4.14. The molecule has 21 heavy (non-hydrogen) atoms. The van der Waals surface area contributed by atoms with Crippen LogP contribution in [0.3, 0.4) is 0 Å². The molecule has 0 heterocycles. The van der Waals surface area contributed by atoms with Crippen LogP contribution in [-0.2, 0) is 0 Å². The summed E-state index contributed by atoms with van der Waals surface area (Å²) in [6.45, 7) is 0. The fourth-order valence-corrected chi connectivity index (χ4v) is 4.85. The van der Waals surface area contributed by atoms with Crippen LogP contribution in [0.5, 0.6) is 5.75 Å². The van der Waals surface area contributed by atoms with E-state index in [4.69, 9.17) is 16.3 Å². The molecule has 0 aliphatic heterocycles. The SMILES string of the molecule is O=[N+]([O-])c1ccc(Cl)cc1OC1CC(Br)C12CCCCC2. The van der Waals surface area contributed by atoms with E-state index in [9.17, 15) is 10.1 Å². The van der Waals surface area contributed by atoms with Gasteiger partial charge in [0.1, 0.15) is 6.10 Å². The van der Waals surface area contributed by atoms with Crippen LogP contribution in [0.4, 0.5) is 5.69 Å². The molecule has 2 aliphatic rings. The smallest absolute Gasteiger partial charge is 0.311 e. The van der Waals surface area contributed by atoms with Gasteiger partial charge in [0.05, 0.1) is 4.92 Å². The maximum Gasteiger partial charge on any atom is 0.311 e. The van der Waals surface area contributed by atoms with Gasteiger partial charge in [-0.3, -0.25) is 10.1 Å². The van der Waals surface area contributed by atoms with E-state index >= 15 is 0 Å². The fourth-order valence-electron chi connectivity index (χ4n) is 3.60. The van der Waals surface area contributed by atoms with Gasteiger partial charge in [0, 0.05) is 27.4 Å². The van der Waals surface area contributed by atoms with Crippen molar-refractivity contribution in [1.29, 1.82) is 0 Å². The molecule has 1 aromatic rings. The average Bonchev–Trinajstić information content (AvgIpc) is 2.47. The van der Waals surface area contributed by atoms with Crippen LogP contribution in [0.25, 0.3) is 0 Å². The summed E-state index contributed by atoms with van der Waals surface area (Å²) in [5.41, 5.74) is 0.123. The van der Waals surface area contributed by atoms with E-state index < -0.39 is 4.92 Å². The van der Waals surface area contributed by atoms with Crippen molar-refractivity contribution in [1.82, 2.24) is 0 Å². The standard InChI is InChI=1S/C15H17BrClNO3/c16-13-9-14(15(13)6-2-1-3-7-15)21-12-8-10(17)4-5-11(12)18(19)20/h4-5,8,13-14H,1-3,6-7,9H2. The molecular formula is C15H17BrClNO3. The first-order chi connectivity index (χ1) is 10.0. The zero-order valence-electron chi connectivity index (χ0n) is 11.6. The van der Waals surface area contributed by atoms with Gasteiger partial charge in [0.2, 0.25) is 0 Å². The summed E-state index contributed by atoms with van der Waals surface area (Å²) >= 11 is 9.71. The first-order valence-electron chi connectivity index (χ1n) is 7.27. The second-order valence-electron chi connectivity index (χ2n) is 5.97. The molecule has 0 bridgehead atoms. The Hall–Kier alpha value is -0.810. The van der Waals surface area contributed by atoms with Crippen LogP contribution < -0.4 is 4.74 Å². The molecule has 2 fully saturated rings. The van der Waals surface area contributed by atoms with Crippen molar-refractivity contribution in [3.05, 3.63) is 33.3 Å². The van der Waals surface area contributed by atoms with Gasteiger partial charge in [0.15, 0.2) is 5.75 Å². The number of ether oxygens (including phenoxy) is 1. The molecule has 2 saturated carbocycles. The molecule has 0 N–H and O–H groups in total. The van der Waals surface area contributed by atoms with Crippen molar-refractivity contribution in [2.75, 3.05) is 0 Å². The van der Waals surface area contributed by atoms with Crippen LogP contribution in [0.15, 0.2) is 18.2 Å². The van der Waals surface area contributed by atoms with Crippen LogP contribution in [-0.4, -0.2) is 15.9 Å². The van der Waals surface area contributed by atoms with E-state index in [0.29, 0.717) is 15.6 Å². The molecule has 0 radical (unpaired) electrons. The monoisotopic (exact) mass is 373 g/mol. The van der Waals surface area contributed by atoms with E-state index in [1.165, 1.54) is 31.4 Å². The Morgan fingerprint density at radius 3 is 2.67 bits per heavy atom. The number of alkyl halides is 1. The number of rotatable bonds is 3. The van der Waals surface area contributed by atoms with Crippen molar-refractivity contribution in [2.45, 2.75) is 49.5 Å². The predicted octanol–water partition coefficient (Wildman–Crippen LogP) is 5.11. The lowest BCUT2D eigenvalue weighted by molar-refractivity contribution is -0.386. The number of benzene rings is 1. The van der Waals surface area contributed by atoms with Crippen LogP contribution >= 0.6 is 27.5 Å². The molecule has 2 unspecified atom stereocenters. The minimum atomic E-state index is -0.413. The van der Waals surface area contributed by atoms with Crippen molar-refractivity contribution in [2.24, 2.45) is 5.41 Å². The van der Waals surface area contributed by atoms with Gasteiger partial charge in [-0.1, -0.05) is 46.8 Å². The summed E-state index contributed by atoms with van der Waals surface area (Å²) in [5, 5.41) is 11.6. The Morgan fingerprint density at radius 2 is 2.05 bits per heavy atom. The van der Waals surface area contributed by atoms with Crippen LogP contribution in [0.2, 0.25) is 5.02 Å². The highest BCUT2D eigenvalue weighted by atomic mass is 79.9. The molecule has 0 aromatic heterocycles. The fraction of sp³-hybridized carbons (Fsp3) is 0.600. The van der Waals surface area contributed by atoms with Crippen LogP contribution in [0.1, 0.15) is 38.5 Å². The molecule has 1 aromatic carbocycles. The summed E-state index contributed by atoms with van der Waals surface area (Å²) in [7, 11) is 0. The number of halogens is 2. The lowest BCUT2D eigenvalue weighted by Crippen LogP contribution is -2.57. The van der Waals surface area contributed by atoms with Gasteiger partial charge in [0.25, 0.3) is 0 Å². The minimum Gasteiger partial charge on any atom is -0.483 e. The van der Waals surface area contributed by atoms with Gasteiger partial charge in [-0.05, 0) is 25.3 Å². The van der Waals surface area contributed by atoms with Crippen molar-refractivity contribution in [3.63, 3.8) is 0 Å². The van der Waals surface area contributed by atoms with Gasteiger partial charge < -0.3 is 4.74 Å². The maximum atomic E-state index is 11.1. The normalized spacial score (nSPS) is 27.1. The van der Waals surface area contributed by atoms with Gasteiger partial charge in [-0.15, -0.1) is 0 Å². The average molecular weight is 375 g/mol. The molecule has 0 amide bonds. The number of nitro benzene ring substituents is 1. The largest absolute Gasteiger partial charge is 0.483 e. The zero-order chi connectivity index (χ0) is 15.0. The first-order valence-corrected chi connectivity index (χ1v) is 8.57. The van der Waals surface area contributed by atoms with E-state index in [-0.39, 0.29) is 17.2 Å². The summed E-state index contributed by atoms with van der Waals surface area (Å²) < 4.78 is 6.03. The molecule has 4 nitrogen and oxygen atoms in total. The zero-order valence-corrected chi connectivity index (χ0v) is 13.9. The number of nitro groups is 1. The second kappa shape index (κ2) is 5.76. The third-order valence-electron chi connectivity index (χ3n) is 4.86. The Labute approximate surface area is 137 Å². The molecule has 114 valence electrons. The molecular weight excluding hydrogens is 358 g/mol. The summed E-state index contributed by atoms with van der Waals surface area (Å²) in [6.07, 6.45) is 6.87. The highest BCUT2D eigenvalue weighted by molar-refractivity contribution is 9.09. The first kappa shape index (κ1) is 15.1. The lowest BCUT2D eigenvalue weighted by atomic mass is 9.58. The lowest BCUT2D eigenvalue weighted by Gasteiger charge is -2.55. The summed E-state index contributed by atoms with van der Waals surface area (Å²) in [6, 6.07) is 4.49. The molecule has 1 spiro atoms. The molecule has 0 saturated heterocycles. The predicted molar refractivity (Wildman–Crippen MR) is 85.4 cm³/mol.